The molecule has 0 aliphatic heterocycles. The zero-order chi connectivity index (χ0) is 18.7. The molecule has 26 heavy (non-hydrogen) atoms. The first-order chi connectivity index (χ1) is 12.3. The number of rotatable bonds is 4. The van der Waals surface area contributed by atoms with Crippen molar-refractivity contribution in [1.29, 1.82) is 0 Å². The molecule has 9 heteroatoms. The van der Waals surface area contributed by atoms with E-state index in [2.05, 4.69) is 20.8 Å². The third-order valence-corrected chi connectivity index (χ3v) is 4.46. The van der Waals surface area contributed by atoms with Crippen molar-refractivity contribution < 1.29 is 18.0 Å². The lowest BCUT2D eigenvalue weighted by Gasteiger charge is -2.13. The van der Waals surface area contributed by atoms with Crippen molar-refractivity contribution >= 4 is 29.0 Å². The van der Waals surface area contributed by atoms with Crippen LogP contribution in [0, 0.1) is 0 Å². The molecule has 1 heterocycles. The van der Waals surface area contributed by atoms with Gasteiger partial charge in [-0.3, -0.25) is 4.79 Å². The second kappa shape index (κ2) is 7.49. The van der Waals surface area contributed by atoms with Crippen molar-refractivity contribution in [2.75, 3.05) is 10.6 Å². The van der Waals surface area contributed by atoms with Gasteiger partial charge in [0.1, 0.15) is 5.82 Å². The Hall–Kier alpha value is -2.35. The fourth-order valence-corrected chi connectivity index (χ4v) is 3.05. The van der Waals surface area contributed by atoms with Crippen molar-refractivity contribution in [3.05, 3.63) is 46.6 Å². The number of hydrogen-bond donors (Lipinski definition) is 2. The average Bonchev–Trinajstić information content (AvgIpc) is 3.09. The Kier molecular flexibility index (Phi) is 5.31. The van der Waals surface area contributed by atoms with E-state index in [4.69, 9.17) is 11.6 Å². The molecular formula is C17H16ClF3N4O. The van der Waals surface area contributed by atoms with Gasteiger partial charge in [0, 0.05) is 11.7 Å². The number of anilines is 2. The summed E-state index contributed by atoms with van der Waals surface area (Å²) in [7, 11) is 0. The Labute approximate surface area is 153 Å². The number of benzene rings is 1. The second-order valence-electron chi connectivity index (χ2n) is 6.08. The largest absolute Gasteiger partial charge is 0.417 e. The number of amides is 1. The third kappa shape index (κ3) is 4.43. The molecule has 3 rings (SSSR count). The van der Waals surface area contributed by atoms with E-state index in [1.165, 1.54) is 25.0 Å². The maximum absolute atomic E-state index is 12.9. The van der Waals surface area contributed by atoms with Gasteiger partial charge < -0.3 is 10.6 Å². The standard InChI is InChI=1S/C17H16ClF3N4O/c18-13-6-5-11(9-12(13)17(19,20)21)23-16(26)14-7-8-15(25-24-14)22-10-3-1-2-4-10/h5-10H,1-4H2,(H,22,25)(H,23,26). The first-order valence-electron chi connectivity index (χ1n) is 8.11. The lowest BCUT2D eigenvalue weighted by molar-refractivity contribution is -0.137. The molecule has 0 atom stereocenters. The van der Waals surface area contributed by atoms with Crippen molar-refractivity contribution in [1.82, 2.24) is 10.2 Å². The number of halogens is 4. The van der Waals surface area contributed by atoms with Crippen LogP contribution in [0.2, 0.25) is 5.02 Å². The fourth-order valence-electron chi connectivity index (χ4n) is 2.83. The molecule has 1 fully saturated rings. The Morgan fingerprint density at radius 3 is 2.46 bits per heavy atom. The molecule has 2 aromatic rings. The lowest BCUT2D eigenvalue weighted by atomic mass is 10.2. The predicted molar refractivity (Wildman–Crippen MR) is 92.3 cm³/mol. The van der Waals surface area contributed by atoms with E-state index in [9.17, 15) is 18.0 Å². The highest BCUT2D eigenvalue weighted by Gasteiger charge is 2.33. The normalized spacial score (nSPS) is 15.1. The molecule has 138 valence electrons. The maximum Gasteiger partial charge on any atom is 0.417 e. The van der Waals surface area contributed by atoms with Crippen molar-refractivity contribution in [3.8, 4) is 0 Å². The average molecular weight is 385 g/mol. The molecule has 2 N–H and O–H groups in total. The van der Waals surface area contributed by atoms with Crippen LogP contribution >= 0.6 is 11.6 Å². The number of carbonyl (C=O) groups excluding carboxylic acids is 1. The van der Waals surface area contributed by atoms with E-state index in [1.807, 2.05) is 0 Å². The van der Waals surface area contributed by atoms with Crippen LogP contribution in [0.1, 0.15) is 41.7 Å². The van der Waals surface area contributed by atoms with E-state index in [1.54, 1.807) is 6.07 Å². The quantitative estimate of drug-likeness (QED) is 0.797. The van der Waals surface area contributed by atoms with Crippen LogP contribution in [0.4, 0.5) is 24.7 Å². The van der Waals surface area contributed by atoms with Gasteiger partial charge in [-0.1, -0.05) is 24.4 Å². The summed E-state index contributed by atoms with van der Waals surface area (Å²) in [5.74, 6) is -0.0836. The summed E-state index contributed by atoms with van der Waals surface area (Å²) >= 11 is 5.56. The fraction of sp³-hybridized carbons (Fsp3) is 0.353. The molecule has 1 aliphatic rings. The highest BCUT2D eigenvalue weighted by molar-refractivity contribution is 6.31. The Balaban J connectivity index is 1.68. The SMILES string of the molecule is O=C(Nc1ccc(Cl)c(C(F)(F)F)c1)c1ccc(NC2CCCC2)nn1. The molecule has 1 aromatic carbocycles. The minimum absolute atomic E-state index is 0.00507. The van der Waals surface area contributed by atoms with Gasteiger partial charge in [-0.15, -0.1) is 10.2 Å². The molecule has 0 saturated heterocycles. The Morgan fingerprint density at radius 1 is 1.12 bits per heavy atom. The molecule has 0 spiro atoms. The van der Waals surface area contributed by atoms with Gasteiger partial charge in [0.15, 0.2) is 5.69 Å². The van der Waals surface area contributed by atoms with Crippen LogP contribution in [0.3, 0.4) is 0 Å². The molecule has 1 saturated carbocycles. The second-order valence-corrected chi connectivity index (χ2v) is 6.48. The molecule has 1 aliphatic carbocycles. The van der Waals surface area contributed by atoms with Gasteiger partial charge in [0.2, 0.25) is 0 Å². The molecule has 1 aromatic heterocycles. The van der Waals surface area contributed by atoms with Crippen molar-refractivity contribution in [2.24, 2.45) is 0 Å². The Morgan fingerprint density at radius 2 is 1.85 bits per heavy atom. The van der Waals surface area contributed by atoms with Gasteiger partial charge in [0.05, 0.1) is 10.6 Å². The molecule has 1 amide bonds. The van der Waals surface area contributed by atoms with Gasteiger partial charge in [-0.25, -0.2) is 0 Å². The van der Waals surface area contributed by atoms with Crippen LogP contribution in [0.5, 0.6) is 0 Å². The van der Waals surface area contributed by atoms with Crippen LogP contribution in [-0.4, -0.2) is 22.1 Å². The highest BCUT2D eigenvalue weighted by Crippen LogP contribution is 2.36. The summed E-state index contributed by atoms with van der Waals surface area (Å²) in [6.45, 7) is 0. The van der Waals surface area contributed by atoms with Crippen LogP contribution in [-0.2, 0) is 6.18 Å². The first kappa shape index (κ1) is 18.4. The maximum atomic E-state index is 12.9. The van der Waals surface area contributed by atoms with Crippen molar-refractivity contribution in [2.45, 2.75) is 37.9 Å². The smallest absolute Gasteiger partial charge is 0.366 e. The number of hydrogen-bond acceptors (Lipinski definition) is 4. The van der Waals surface area contributed by atoms with Crippen LogP contribution in [0.15, 0.2) is 30.3 Å². The zero-order valence-electron chi connectivity index (χ0n) is 13.6. The predicted octanol–water partition coefficient (Wildman–Crippen LogP) is 4.76. The van der Waals surface area contributed by atoms with Gasteiger partial charge in [0.25, 0.3) is 5.91 Å². The van der Waals surface area contributed by atoms with E-state index >= 15 is 0 Å². The molecule has 0 bridgehead atoms. The zero-order valence-corrected chi connectivity index (χ0v) is 14.4. The summed E-state index contributed by atoms with van der Waals surface area (Å²) in [5.41, 5.74) is -1.04. The summed E-state index contributed by atoms with van der Waals surface area (Å²) in [6, 6.07) is 6.62. The summed E-state index contributed by atoms with van der Waals surface area (Å²) < 4.78 is 38.6. The van der Waals surface area contributed by atoms with Gasteiger partial charge in [-0.05, 0) is 43.2 Å². The van der Waals surface area contributed by atoms with Crippen LogP contribution < -0.4 is 10.6 Å². The van der Waals surface area contributed by atoms with E-state index in [-0.39, 0.29) is 11.4 Å². The minimum atomic E-state index is -4.61. The van der Waals surface area contributed by atoms with Gasteiger partial charge >= 0.3 is 6.18 Å². The van der Waals surface area contributed by atoms with E-state index in [0.717, 1.165) is 25.0 Å². The van der Waals surface area contributed by atoms with E-state index < -0.39 is 22.7 Å². The Bertz CT molecular complexity index is 790. The molecular weight excluding hydrogens is 369 g/mol. The lowest BCUT2D eigenvalue weighted by Crippen LogP contribution is -2.18. The first-order valence-corrected chi connectivity index (χ1v) is 8.49. The van der Waals surface area contributed by atoms with Crippen LogP contribution in [0.25, 0.3) is 0 Å². The number of nitrogens with one attached hydrogen (secondary N) is 2. The monoisotopic (exact) mass is 384 g/mol. The minimum Gasteiger partial charge on any atom is -0.366 e. The number of carbonyl (C=O) groups is 1. The molecule has 5 nitrogen and oxygen atoms in total. The molecule has 0 unspecified atom stereocenters. The van der Waals surface area contributed by atoms with Crippen molar-refractivity contribution in [3.63, 3.8) is 0 Å². The van der Waals surface area contributed by atoms with E-state index in [0.29, 0.717) is 11.9 Å². The molecule has 0 radical (unpaired) electrons. The third-order valence-electron chi connectivity index (χ3n) is 4.13. The topological polar surface area (TPSA) is 66.9 Å². The van der Waals surface area contributed by atoms with Gasteiger partial charge in [-0.2, -0.15) is 13.2 Å². The number of nitrogens with zero attached hydrogens (tertiary/aromatic N) is 2. The summed E-state index contributed by atoms with van der Waals surface area (Å²) in [6.07, 6.45) is -0.117. The highest BCUT2D eigenvalue weighted by atomic mass is 35.5. The summed E-state index contributed by atoms with van der Waals surface area (Å²) in [4.78, 5) is 12.2. The number of aromatic nitrogens is 2. The summed E-state index contributed by atoms with van der Waals surface area (Å²) in [5, 5.41) is 13.0. The number of alkyl halides is 3.